The molecule has 5 fully saturated rings. The van der Waals surface area contributed by atoms with Gasteiger partial charge in [0.15, 0.2) is 0 Å². The maximum atomic E-state index is 13.5. The summed E-state index contributed by atoms with van der Waals surface area (Å²) in [4.78, 5) is 27.1. The Balaban J connectivity index is 1.29. The molecule has 4 bridgehead atoms. The Kier molecular flexibility index (Phi) is 3.63. The zero-order valence-corrected chi connectivity index (χ0v) is 14.9. The average molecular weight is 356 g/mol. The Morgan fingerprint density at radius 1 is 1.12 bits per heavy atom. The lowest BCUT2D eigenvalue weighted by Crippen LogP contribution is -2.55. The molecule has 1 N–H and O–H groups in total. The first-order valence-electron chi connectivity index (χ1n) is 9.88. The van der Waals surface area contributed by atoms with Gasteiger partial charge in [-0.25, -0.2) is 4.39 Å². The highest BCUT2D eigenvalue weighted by molar-refractivity contribution is 5.97. The molecule has 4 saturated carbocycles. The fraction of sp³-hybridized carbons (Fsp3) is 0.619. The van der Waals surface area contributed by atoms with Crippen molar-refractivity contribution in [1.82, 2.24) is 5.32 Å². The number of halogens is 1. The lowest BCUT2D eigenvalue weighted by atomic mass is 9.49. The van der Waals surface area contributed by atoms with Crippen molar-refractivity contribution in [3.63, 3.8) is 0 Å². The van der Waals surface area contributed by atoms with Crippen LogP contribution in [0.1, 0.15) is 44.9 Å². The van der Waals surface area contributed by atoms with Crippen LogP contribution in [0.25, 0.3) is 0 Å². The number of carbonyl (C=O) groups excluding carboxylic acids is 2. The topological polar surface area (TPSA) is 49.4 Å². The number of hydrogen-bond donors (Lipinski definition) is 1. The minimum Gasteiger partial charge on any atom is -0.351 e. The number of benzene rings is 1. The van der Waals surface area contributed by atoms with Crippen LogP contribution in [-0.2, 0) is 9.59 Å². The highest BCUT2D eigenvalue weighted by Gasteiger charge is 2.55. The molecule has 1 atom stereocenters. The second-order valence-corrected chi connectivity index (χ2v) is 9.06. The first-order valence-corrected chi connectivity index (χ1v) is 9.88. The second-order valence-electron chi connectivity index (χ2n) is 9.06. The first kappa shape index (κ1) is 16.3. The molecule has 138 valence electrons. The van der Waals surface area contributed by atoms with Crippen LogP contribution in [0.4, 0.5) is 10.1 Å². The molecule has 5 heteroatoms. The van der Waals surface area contributed by atoms with Gasteiger partial charge in [-0.05, 0) is 74.5 Å². The summed E-state index contributed by atoms with van der Waals surface area (Å²) in [6.07, 6.45) is 7.30. The summed E-state index contributed by atoms with van der Waals surface area (Å²) in [7, 11) is 0. The molecule has 5 aliphatic rings. The number of hydrogen-bond acceptors (Lipinski definition) is 2. The molecule has 1 heterocycles. The van der Waals surface area contributed by atoms with Gasteiger partial charge in [0.1, 0.15) is 5.82 Å². The molecule has 0 spiro atoms. The van der Waals surface area contributed by atoms with Crippen molar-refractivity contribution < 1.29 is 14.0 Å². The van der Waals surface area contributed by atoms with Gasteiger partial charge in [-0.2, -0.15) is 0 Å². The maximum Gasteiger partial charge on any atom is 0.229 e. The van der Waals surface area contributed by atoms with E-state index in [2.05, 4.69) is 5.32 Å². The van der Waals surface area contributed by atoms with Gasteiger partial charge in [-0.3, -0.25) is 9.59 Å². The zero-order valence-electron chi connectivity index (χ0n) is 14.9. The number of nitrogens with one attached hydrogen (secondary N) is 1. The molecular formula is C21H25FN2O2. The molecule has 26 heavy (non-hydrogen) atoms. The standard InChI is InChI=1S/C21H25FN2O2/c22-16-2-1-3-18(7-16)24-12-17(8-19(24)25)23-20(26)21-9-13-4-14(10-21)6-15(5-13)11-21/h1-3,7,13-15,17H,4-6,8-12H2,(H,23,26)/t13?,14?,15?,17-,21?/m0/s1. The molecule has 6 rings (SSSR count). The summed E-state index contributed by atoms with van der Waals surface area (Å²) < 4.78 is 13.5. The number of anilines is 1. The van der Waals surface area contributed by atoms with Crippen LogP contribution in [0, 0.1) is 29.0 Å². The van der Waals surface area contributed by atoms with Gasteiger partial charge >= 0.3 is 0 Å². The molecule has 1 aromatic carbocycles. The van der Waals surface area contributed by atoms with Crippen molar-refractivity contribution in [2.24, 2.45) is 23.2 Å². The largest absolute Gasteiger partial charge is 0.351 e. The van der Waals surface area contributed by atoms with Gasteiger partial charge in [0, 0.05) is 24.1 Å². The van der Waals surface area contributed by atoms with E-state index in [-0.39, 0.29) is 29.1 Å². The smallest absolute Gasteiger partial charge is 0.229 e. The van der Waals surface area contributed by atoms with E-state index in [0.29, 0.717) is 18.7 Å². The van der Waals surface area contributed by atoms with E-state index in [1.54, 1.807) is 17.0 Å². The van der Waals surface area contributed by atoms with E-state index < -0.39 is 0 Å². The fourth-order valence-electron chi connectivity index (χ4n) is 6.43. The van der Waals surface area contributed by atoms with Crippen molar-refractivity contribution >= 4 is 17.5 Å². The predicted molar refractivity (Wildman–Crippen MR) is 95.9 cm³/mol. The molecule has 4 nitrogen and oxygen atoms in total. The minimum absolute atomic E-state index is 0.0496. The Hall–Kier alpha value is -1.91. The lowest BCUT2D eigenvalue weighted by Gasteiger charge is -2.55. The summed E-state index contributed by atoms with van der Waals surface area (Å²) in [5, 5.41) is 3.19. The van der Waals surface area contributed by atoms with Crippen LogP contribution in [-0.4, -0.2) is 24.4 Å². The lowest BCUT2D eigenvalue weighted by molar-refractivity contribution is -0.146. The highest BCUT2D eigenvalue weighted by Crippen LogP contribution is 2.60. The van der Waals surface area contributed by atoms with E-state index in [0.717, 1.165) is 37.0 Å². The summed E-state index contributed by atoms with van der Waals surface area (Å²) in [6.45, 7) is 0.431. The van der Waals surface area contributed by atoms with E-state index >= 15 is 0 Å². The third kappa shape index (κ3) is 2.63. The molecule has 1 aromatic rings. The van der Waals surface area contributed by atoms with Gasteiger partial charge in [0.25, 0.3) is 0 Å². The third-order valence-electron chi connectivity index (χ3n) is 7.10. The number of amides is 2. The van der Waals surface area contributed by atoms with E-state index in [4.69, 9.17) is 0 Å². The van der Waals surface area contributed by atoms with Gasteiger partial charge < -0.3 is 10.2 Å². The Morgan fingerprint density at radius 3 is 2.38 bits per heavy atom. The molecule has 1 saturated heterocycles. The second kappa shape index (κ2) is 5.80. The van der Waals surface area contributed by atoms with Crippen LogP contribution in [0.3, 0.4) is 0 Å². The van der Waals surface area contributed by atoms with Crippen molar-refractivity contribution in [1.29, 1.82) is 0 Å². The van der Waals surface area contributed by atoms with Gasteiger partial charge in [-0.15, -0.1) is 0 Å². The zero-order chi connectivity index (χ0) is 17.9. The molecule has 0 aromatic heterocycles. The Labute approximate surface area is 153 Å². The number of carbonyl (C=O) groups is 2. The van der Waals surface area contributed by atoms with E-state index in [1.807, 2.05) is 0 Å². The van der Waals surface area contributed by atoms with Crippen molar-refractivity contribution in [2.45, 2.75) is 51.0 Å². The normalized spacial score (nSPS) is 38.0. The van der Waals surface area contributed by atoms with E-state index in [1.165, 1.54) is 31.4 Å². The van der Waals surface area contributed by atoms with Crippen LogP contribution in [0.5, 0.6) is 0 Å². The number of nitrogens with zero attached hydrogens (tertiary/aromatic N) is 1. The molecular weight excluding hydrogens is 331 g/mol. The molecule has 1 aliphatic heterocycles. The minimum atomic E-state index is -0.351. The SMILES string of the molecule is O=C1C[C@H](NC(=O)C23CC4CC(CC(C4)C2)C3)CN1c1cccc(F)c1. The van der Waals surface area contributed by atoms with Crippen LogP contribution < -0.4 is 10.2 Å². The summed E-state index contributed by atoms with van der Waals surface area (Å²) in [5.41, 5.74) is 0.380. The predicted octanol–water partition coefficient (Wildman–Crippen LogP) is 3.26. The van der Waals surface area contributed by atoms with Crippen molar-refractivity contribution in [3.05, 3.63) is 30.1 Å². The van der Waals surface area contributed by atoms with Gasteiger partial charge in [-0.1, -0.05) is 6.07 Å². The quantitative estimate of drug-likeness (QED) is 0.904. The summed E-state index contributed by atoms with van der Waals surface area (Å²) >= 11 is 0. The summed E-state index contributed by atoms with van der Waals surface area (Å²) in [5.74, 6) is 1.93. The average Bonchev–Trinajstić information content (AvgIpc) is 2.94. The maximum absolute atomic E-state index is 13.5. The van der Waals surface area contributed by atoms with Gasteiger partial charge in [0.2, 0.25) is 11.8 Å². The molecule has 2 amide bonds. The van der Waals surface area contributed by atoms with Crippen molar-refractivity contribution in [2.75, 3.05) is 11.4 Å². The Morgan fingerprint density at radius 2 is 1.77 bits per heavy atom. The van der Waals surface area contributed by atoms with Crippen LogP contribution >= 0.6 is 0 Å². The van der Waals surface area contributed by atoms with Crippen LogP contribution in [0.2, 0.25) is 0 Å². The number of rotatable bonds is 3. The van der Waals surface area contributed by atoms with E-state index in [9.17, 15) is 14.0 Å². The summed E-state index contributed by atoms with van der Waals surface area (Å²) in [6, 6.07) is 5.92. The monoisotopic (exact) mass is 356 g/mol. The van der Waals surface area contributed by atoms with Crippen LogP contribution in [0.15, 0.2) is 24.3 Å². The Bertz CT molecular complexity index is 727. The fourth-order valence-corrected chi connectivity index (χ4v) is 6.43. The molecule has 4 aliphatic carbocycles. The third-order valence-corrected chi connectivity index (χ3v) is 7.10. The molecule has 0 radical (unpaired) electrons. The first-order chi connectivity index (χ1) is 12.5. The molecule has 0 unspecified atom stereocenters. The van der Waals surface area contributed by atoms with Gasteiger partial charge in [0.05, 0.1) is 6.04 Å². The highest BCUT2D eigenvalue weighted by atomic mass is 19.1. The van der Waals surface area contributed by atoms with Crippen molar-refractivity contribution in [3.8, 4) is 0 Å².